The van der Waals surface area contributed by atoms with E-state index in [9.17, 15) is 0 Å². The van der Waals surface area contributed by atoms with Gasteiger partial charge in [0.1, 0.15) is 5.75 Å². The molecule has 0 spiro atoms. The summed E-state index contributed by atoms with van der Waals surface area (Å²) >= 11 is 0. The molecule has 2 fully saturated rings. The summed E-state index contributed by atoms with van der Waals surface area (Å²) < 4.78 is 5.20. The molecule has 2 saturated heterocycles. The van der Waals surface area contributed by atoms with Crippen molar-refractivity contribution in [1.29, 1.82) is 0 Å². The molecule has 0 aromatic heterocycles. The van der Waals surface area contributed by atoms with Crippen molar-refractivity contribution < 1.29 is 4.74 Å². The van der Waals surface area contributed by atoms with E-state index in [0.29, 0.717) is 0 Å². The van der Waals surface area contributed by atoms with Crippen LogP contribution in [0.3, 0.4) is 0 Å². The average Bonchev–Trinajstić information content (AvgIpc) is 2.76. The van der Waals surface area contributed by atoms with Crippen molar-refractivity contribution in [2.75, 3.05) is 75.0 Å². The molecule has 2 aliphatic heterocycles. The fraction of sp³-hybridized carbons (Fsp3) is 0.429. The highest BCUT2D eigenvalue weighted by molar-refractivity contribution is 5.55. The van der Waals surface area contributed by atoms with Crippen molar-refractivity contribution in [2.24, 2.45) is 0 Å². The van der Waals surface area contributed by atoms with E-state index in [1.54, 1.807) is 7.11 Å². The van der Waals surface area contributed by atoms with E-state index in [1.807, 2.05) is 24.3 Å². The highest BCUT2D eigenvalue weighted by Crippen LogP contribution is 2.23. The number of methoxy groups -OCH3 is 1. The normalized spacial score (nSPS) is 17.1. The molecule has 0 unspecified atom stereocenters. The van der Waals surface area contributed by atoms with Gasteiger partial charge in [-0.2, -0.15) is 0 Å². The first-order valence-electron chi connectivity index (χ1n) is 9.67. The Balaban J connectivity index is 0.000000299. The molecule has 0 saturated carbocycles. The topological polar surface area (TPSA) is 65.8 Å². The van der Waals surface area contributed by atoms with Gasteiger partial charge in [0.05, 0.1) is 7.11 Å². The third-order valence-electron chi connectivity index (χ3n) is 4.93. The summed E-state index contributed by atoms with van der Waals surface area (Å²) in [4.78, 5) is 4.81. The van der Waals surface area contributed by atoms with E-state index in [2.05, 4.69) is 44.7 Å². The predicted octanol–water partition coefficient (Wildman–Crippen LogP) is 1.78. The van der Waals surface area contributed by atoms with Gasteiger partial charge in [-0.3, -0.25) is 0 Å². The maximum Gasteiger partial charge on any atom is 0.119 e. The monoisotopic (exact) mass is 369 g/mol. The lowest BCUT2D eigenvalue weighted by atomic mass is 10.2. The van der Waals surface area contributed by atoms with Crippen LogP contribution in [0.2, 0.25) is 0 Å². The first-order valence-corrected chi connectivity index (χ1v) is 9.67. The van der Waals surface area contributed by atoms with Gasteiger partial charge in [-0.15, -0.1) is 0 Å². The van der Waals surface area contributed by atoms with Crippen molar-refractivity contribution in [3.05, 3.63) is 48.5 Å². The molecule has 2 aliphatic rings. The molecular formula is C21H31N5O. The number of rotatable bonds is 3. The van der Waals surface area contributed by atoms with E-state index >= 15 is 0 Å². The van der Waals surface area contributed by atoms with Crippen molar-refractivity contribution in [1.82, 2.24) is 10.6 Å². The molecule has 0 amide bonds. The van der Waals surface area contributed by atoms with E-state index in [4.69, 9.17) is 10.5 Å². The first-order chi connectivity index (χ1) is 13.3. The van der Waals surface area contributed by atoms with Crippen LogP contribution in [0.5, 0.6) is 5.75 Å². The quantitative estimate of drug-likeness (QED) is 0.717. The number of nitrogens with one attached hydrogen (secondary N) is 2. The van der Waals surface area contributed by atoms with Crippen LogP contribution in [-0.2, 0) is 0 Å². The summed E-state index contributed by atoms with van der Waals surface area (Å²) in [6.45, 7) is 8.65. The number of nitrogen functional groups attached to an aromatic ring is 1. The van der Waals surface area contributed by atoms with Crippen LogP contribution in [0.1, 0.15) is 0 Å². The Morgan fingerprint density at radius 1 is 0.704 bits per heavy atom. The molecule has 0 radical (unpaired) electrons. The molecule has 4 N–H and O–H groups in total. The smallest absolute Gasteiger partial charge is 0.119 e. The van der Waals surface area contributed by atoms with Crippen LogP contribution in [0, 0.1) is 0 Å². The maximum absolute atomic E-state index is 5.74. The number of nitrogens with two attached hydrogens (primary N) is 1. The Morgan fingerprint density at radius 3 is 1.48 bits per heavy atom. The zero-order chi connectivity index (χ0) is 18.9. The van der Waals surface area contributed by atoms with E-state index in [0.717, 1.165) is 63.8 Å². The highest BCUT2D eigenvalue weighted by atomic mass is 16.5. The Morgan fingerprint density at radius 2 is 1.11 bits per heavy atom. The summed E-state index contributed by atoms with van der Waals surface area (Å²) in [7, 11) is 1.69. The van der Waals surface area contributed by atoms with Crippen LogP contribution in [0.25, 0.3) is 0 Å². The van der Waals surface area contributed by atoms with Gasteiger partial charge in [0.15, 0.2) is 0 Å². The van der Waals surface area contributed by atoms with Crippen LogP contribution < -0.4 is 30.9 Å². The highest BCUT2D eigenvalue weighted by Gasteiger charge is 2.17. The number of benzene rings is 2. The van der Waals surface area contributed by atoms with Crippen LogP contribution in [0.15, 0.2) is 48.5 Å². The minimum atomic E-state index is 0.815. The summed E-state index contributed by atoms with van der Waals surface area (Å²) in [5.41, 5.74) is 9.06. The average molecular weight is 370 g/mol. The fourth-order valence-corrected chi connectivity index (χ4v) is 3.30. The Kier molecular flexibility index (Phi) is 7.19. The van der Waals surface area contributed by atoms with Gasteiger partial charge in [0.2, 0.25) is 0 Å². The Labute approximate surface area is 162 Å². The molecule has 2 aromatic rings. The van der Waals surface area contributed by atoms with Gasteiger partial charge in [0, 0.05) is 69.4 Å². The maximum atomic E-state index is 5.74. The molecule has 2 aromatic carbocycles. The zero-order valence-corrected chi connectivity index (χ0v) is 16.2. The molecule has 6 nitrogen and oxygen atoms in total. The third-order valence-corrected chi connectivity index (χ3v) is 4.93. The van der Waals surface area contributed by atoms with E-state index < -0.39 is 0 Å². The lowest BCUT2D eigenvalue weighted by molar-refractivity contribution is 0.415. The lowest BCUT2D eigenvalue weighted by Gasteiger charge is -2.37. The third kappa shape index (κ3) is 5.77. The van der Waals surface area contributed by atoms with Crippen LogP contribution >= 0.6 is 0 Å². The fourth-order valence-electron chi connectivity index (χ4n) is 3.30. The number of hydrogen-bond acceptors (Lipinski definition) is 6. The number of anilines is 3. The second-order valence-electron chi connectivity index (χ2n) is 6.76. The summed E-state index contributed by atoms with van der Waals surface area (Å²) in [6, 6.07) is 16.4. The first kappa shape index (κ1) is 19.3. The molecule has 0 aliphatic carbocycles. The van der Waals surface area contributed by atoms with Crippen molar-refractivity contribution in [3.63, 3.8) is 0 Å². The lowest BCUT2D eigenvalue weighted by Crippen LogP contribution is -2.46. The molecule has 6 heteroatoms. The van der Waals surface area contributed by atoms with Crippen molar-refractivity contribution in [3.8, 4) is 5.75 Å². The van der Waals surface area contributed by atoms with Gasteiger partial charge in [-0.05, 0) is 48.5 Å². The molecule has 0 bridgehead atoms. The standard InChI is InChI=1S/C17H21N3O.C4H10N2/c1-21-17-8-6-16(7-9-17)20-12-10-19(11-13-20)15-4-2-14(18)3-5-15;1-2-6-4-3-5-1/h2-9H,10-13,18H2,1H3;5-6H,1-4H2. The van der Waals surface area contributed by atoms with Gasteiger partial charge in [-0.25, -0.2) is 0 Å². The van der Waals surface area contributed by atoms with Gasteiger partial charge < -0.3 is 30.9 Å². The molecule has 0 atom stereocenters. The number of ether oxygens (including phenoxy) is 1. The minimum absolute atomic E-state index is 0.815. The summed E-state index contributed by atoms with van der Waals surface area (Å²) in [5.74, 6) is 0.902. The van der Waals surface area contributed by atoms with Crippen molar-refractivity contribution in [2.45, 2.75) is 0 Å². The molecule has 2 heterocycles. The molecule has 4 rings (SSSR count). The van der Waals surface area contributed by atoms with E-state index in [1.165, 1.54) is 11.4 Å². The number of hydrogen-bond donors (Lipinski definition) is 3. The van der Waals surface area contributed by atoms with Crippen molar-refractivity contribution >= 4 is 17.1 Å². The summed E-state index contributed by atoms with van der Waals surface area (Å²) in [6.07, 6.45) is 0. The zero-order valence-electron chi connectivity index (χ0n) is 16.2. The minimum Gasteiger partial charge on any atom is -0.497 e. The predicted molar refractivity (Wildman–Crippen MR) is 114 cm³/mol. The Bertz CT molecular complexity index is 650. The molecular weight excluding hydrogens is 338 g/mol. The van der Waals surface area contributed by atoms with Gasteiger partial charge in [-0.1, -0.05) is 0 Å². The molecule has 27 heavy (non-hydrogen) atoms. The summed E-state index contributed by atoms with van der Waals surface area (Å²) in [5, 5.41) is 6.44. The second kappa shape index (κ2) is 10.0. The van der Waals surface area contributed by atoms with E-state index in [-0.39, 0.29) is 0 Å². The molecule has 146 valence electrons. The number of piperazine rings is 2. The largest absolute Gasteiger partial charge is 0.497 e. The SMILES string of the molecule is C1CNCCN1.COc1ccc(N2CCN(c3ccc(N)cc3)CC2)cc1. The van der Waals surface area contributed by atoms with Crippen LogP contribution in [-0.4, -0.2) is 59.5 Å². The Hall–Kier alpha value is -2.44. The van der Waals surface area contributed by atoms with Gasteiger partial charge >= 0.3 is 0 Å². The van der Waals surface area contributed by atoms with Crippen LogP contribution in [0.4, 0.5) is 17.1 Å². The second-order valence-corrected chi connectivity index (χ2v) is 6.76. The van der Waals surface area contributed by atoms with Gasteiger partial charge in [0.25, 0.3) is 0 Å². The number of nitrogens with zero attached hydrogens (tertiary/aromatic N) is 2.